The largest absolute Gasteiger partial charge is 0.454 e. The number of rotatable bonds is 3. The molecule has 4 heteroatoms. The van der Waals surface area contributed by atoms with Crippen molar-refractivity contribution in [3.05, 3.63) is 12.2 Å². The van der Waals surface area contributed by atoms with Gasteiger partial charge in [-0.2, -0.15) is 13.2 Å². The molecule has 0 spiro atoms. The predicted octanol–water partition coefficient (Wildman–Crippen LogP) is 2.47. The van der Waals surface area contributed by atoms with Crippen molar-refractivity contribution in [2.24, 2.45) is 0 Å². The first-order chi connectivity index (χ1) is 4.98. The number of allylic oxidation sites excluding steroid dienone is 2. The average molecular weight is 166 g/mol. The van der Waals surface area contributed by atoms with Crippen molar-refractivity contribution in [3.63, 3.8) is 0 Å². The molecular weight excluding hydrogens is 157 g/mol. The maximum Gasteiger partial charge on any atom is 0.454 e. The number of alkyl halides is 3. The zero-order valence-corrected chi connectivity index (χ0v) is 6.11. The third-order valence-corrected chi connectivity index (χ3v) is 1.00. The van der Waals surface area contributed by atoms with E-state index in [1.807, 2.05) is 6.92 Å². The van der Waals surface area contributed by atoms with Crippen LogP contribution in [0.3, 0.4) is 0 Å². The third kappa shape index (κ3) is 4.58. The number of ketones is 1. The van der Waals surface area contributed by atoms with Crippen LogP contribution < -0.4 is 0 Å². The summed E-state index contributed by atoms with van der Waals surface area (Å²) >= 11 is 0. The number of halogens is 3. The van der Waals surface area contributed by atoms with Crippen LogP contribution in [-0.2, 0) is 4.79 Å². The number of unbranched alkanes of at least 4 members (excludes halogenated alkanes) is 1. The van der Waals surface area contributed by atoms with Gasteiger partial charge in [-0.25, -0.2) is 0 Å². The molecule has 0 aliphatic rings. The molecule has 0 radical (unpaired) electrons. The number of hydrogen-bond acceptors (Lipinski definition) is 1. The van der Waals surface area contributed by atoms with Crippen molar-refractivity contribution in [1.82, 2.24) is 0 Å². The lowest BCUT2D eigenvalue weighted by atomic mass is 10.2. The van der Waals surface area contributed by atoms with Gasteiger partial charge in [0.2, 0.25) is 0 Å². The SMILES string of the molecule is CCCC=CC(=O)C(F)(F)F. The van der Waals surface area contributed by atoms with Crippen LogP contribution in [0.2, 0.25) is 0 Å². The molecule has 0 saturated heterocycles. The topological polar surface area (TPSA) is 17.1 Å². The minimum atomic E-state index is -4.72. The number of carbonyl (C=O) groups is 1. The highest BCUT2D eigenvalue weighted by Gasteiger charge is 2.35. The Morgan fingerprint density at radius 2 is 2.00 bits per heavy atom. The molecule has 0 heterocycles. The molecule has 0 amide bonds. The monoisotopic (exact) mass is 166 g/mol. The maximum atomic E-state index is 11.5. The molecule has 0 rings (SSSR count). The fraction of sp³-hybridized carbons (Fsp3) is 0.571. The third-order valence-electron chi connectivity index (χ3n) is 1.00. The molecule has 11 heavy (non-hydrogen) atoms. The Morgan fingerprint density at radius 3 is 2.36 bits per heavy atom. The molecule has 0 aromatic rings. The first kappa shape index (κ1) is 10.2. The van der Waals surface area contributed by atoms with Crippen molar-refractivity contribution < 1.29 is 18.0 Å². The molecule has 0 fully saturated rings. The molecule has 0 saturated carbocycles. The van der Waals surface area contributed by atoms with E-state index in [9.17, 15) is 18.0 Å². The van der Waals surface area contributed by atoms with Gasteiger partial charge in [0.05, 0.1) is 0 Å². The fourth-order valence-corrected chi connectivity index (χ4v) is 0.452. The highest BCUT2D eigenvalue weighted by Crippen LogP contribution is 2.16. The van der Waals surface area contributed by atoms with Crippen LogP contribution in [0.5, 0.6) is 0 Å². The molecule has 0 unspecified atom stereocenters. The van der Waals surface area contributed by atoms with Gasteiger partial charge >= 0.3 is 6.18 Å². The van der Waals surface area contributed by atoms with E-state index < -0.39 is 12.0 Å². The molecule has 0 bridgehead atoms. The van der Waals surface area contributed by atoms with E-state index >= 15 is 0 Å². The second kappa shape index (κ2) is 4.16. The van der Waals surface area contributed by atoms with Gasteiger partial charge in [0, 0.05) is 0 Å². The van der Waals surface area contributed by atoms with Crippen molar-refractivity contribution in [1.29, 1.82) is 0 Å². The Labute approximate surface area is 62.9 Å². The van der Waals surface area contributed by atoms with Gasteiger partial charge in [0.1, 0.15) is 0 Å². The Morgan fingerprint density at radius 1 is 1.45 bits per heavy atom. The van der Waals surface area contributed by atoms with Gasteiger partial charge < -0.3 is 0 Å². The summed E-state index contributed by atoms with van der Waals surface area (Å²) in [5.74, 6) is -1.79. The van der Waals surface area contributed by atoms with Gasteiger partial charge in [-0.15, -0.1) is 0 Å². The molecule has 0 aliphatic carbocycles. The van der Waals surface area contributed by atoms with Crippen LogP contribution in [0.4, 0.5) is 13.2 Å². The summed E-state index contributed by atoms with van der Waals surface area (Å²) in [5, 5.41) is 0. The van der Waals surface area contributed by atoms with Gasteiger partial charge in [-0.3, -0.25) is 4.79 Å². The minimum absolute atomic E-state index is 0.502. The molecule has 0 atom stereocenters. The van der Waals surface area contributed by atoms with Crippen LogP contribution in [0, 0.1) is 0 Å². The maximum absolute atomic E-state index is 11.5. The van der Waals surface area contributed by atoms with Gasteiger partial charge in [0.25, 0.3) is 5.78 Å². The first-order valence-electron chi connectivity index (χ1n) is 3.26. The van der Waals surface area contributed by atoms with Gasteiger partial charge in [-0.05, 0) is 12.5 Å². The Bertz CT molecular complexity index is 158. The highest BCUT2D eigenvalue weighted by atomic mass is 19.4. The summed E-state index contributed by atoms with van der Waals surface area (Å²) in [7, 11) is 0. The van der Waals surface area contributed by atoms with Crippen molar-refractivity contribution >= 4 is 5.78 Å². The standard InChI is InChI=1S/C7H9F3O/c1-2-3-4-5-6(11)7(8,9)10/h4-5H,2-3H2,1H3. The lowest BCUT2D eigenvalue weighted by molar-refractivity contribution is -0.165. The average Bonchev–Trinajstić information content (AvgIpc) is 1.86. The summed E-state index contributed by atoms with van der Waals surface area (Å²) in [4.78, 5) is 10.1. The number of hydrogen-bond donors (Lipinski definition) is 0. The summed E-state index contributed by atoms with van der Waals surface area (Å²) in [6, 6.07) is 0. The second-order valence-electron chi connectivity index (χ2n) is 2.05. The molecule has 0 N–H and O–H groups in total. The minimum Gasteiger partial charge on any atom is -0.285 e. The Hall–Kier alpha value is -0.800. The van der Waals surface area contributed by atoms with Crippen LogP contribution >= 0.6 is 0 Å². The normalized spacial score (nSPS) is 12.4. The molecule has 64 valence electrons. The Balaban J connectivity index is 3.88. The molecule has 0 aliphatic heterocycles. The zero-order chi connectivity index (χ0) is 8.91. The molecule has 1 nitrogen and oxygen atoms in total. The van der Waals surface area contributed by atoms with Gasteiger partial charge in [0.15, 0.2) is 0 Å². The summed E-state index contributed by atoms with van der Waals surface area (Å²) < 4.78 is 34.4. The molecule has 0 aromatic carbocycles. The van der Waals surface area contributed by atoms with E-state index in [0.29, 0.717) is 12.5 Å². The molecular formula is C7H9F3O. The van der Waals surface area contributed by atoms with E-state index in [1.54, 1.807) is 0 Å². The van der Waals surface area contributed by atoms with E-state index in [4.69, 9.17) is 0 Å². The number of carbonyl (C=O) groups excluding carboxylic acids is 1. The van der Waals surface area contributed by atoms with Gasteiger partial charge in [-0.1, -0.05) is 19.4 Å². The van der Waals surface area contributed by atoms with Crippen molar-refractivity contribution in [3.8, 4) is 0 Å². The summed E-state index contributed by atoms with van der Waals surface area (Å²) in [5.41, 5.74) is 0. The van der Waals surface area contributed by atoms with Crippen LogP contribution in [-0.4, -0.2) is 12.0 Å². The zero-order valence-electron chi connectivity index (χ0n) is 6.11. The van der Waals surface area contributed by atoms with E-state index in [2.05, 4.69) is 0 Å². The quantitative estimate of drug-likeness (QED) is 0.588. The van der Waals surface area contributed by atoms with Crippen LogP contribution in [0.15, 0.2) is 12.2 Å². The van der Waals surface area contributed by atoms with Crippen LogP contribution in [0.1, 0.15) is 19.8 Å². The molecule has 0 aromatic heterocycles. The summed E-state index contributed by atoms with van der Waals surface area (Å²) in [6.45, 7) is 1.82. The van der Waals surface area contributed by atoms with Crippen molar-refractivity contribution in [2.45, 2.75) is 25.9 Å². The highest BCUT2D eigenvalue weighted by molar-refractivity contribution is 5.94. The van der Waals surface area contributed by atoms with Crippen LogP contribution in [0.25, 0.3) is 0 Å². The van der Waals surface area contributed by atoms with E-state index in [-0.39, 0.29) is 0 Å². The van der Waals surface area contributed by atoms with E-state index in [0.717, 1.165) is 6.42 Å². The second-order valence-corrected chi connectivity index (χ2v) is 2.05. The Kier molecular flexibility index (Phi) is 3.85. The lowest BCUT2D eigenvalue weighted by Crippen LogP contribution is -2.19. The van der Waals surface area contributed by atoms with E-state index in [1.165, 1.54) is 6.08 Å². The predicted molar refractivity (Wildman–Crippen MR) is 35.1 cm³/mol. The lowest BCUT2D eigenvalue weighted by Gasteiger charge is -1.98. The smallest absolute Gasteiger partial charge is 0.285 e. The van der Waals surface area contributed by atoms with Crippen molar-refractivity contribution in [2.75, 3.05) is 0 Å². The fourth-order valence-electron chi connectivity index (χ4n) is 0.452. The summed E-state index contributed by atoms with van der Waals surface area (Å²) in [6.07, 6.45) is -1.67. The first-order valence-corrected chi connectivity index (χ1v) is 3.26.